The van der Waals surface area contributed by atoms with E-state index in [1.807, 2.05) is 0 Å². The molecule has 9 heteroatoms. The molecule has 5 nitrogen and oxygen atoms in total. The van der Waals surface area contributed by atoms with Crippen molar-refractivity contribution in [3.05, 3.63) is 29.3 Å². The summed E-state index contributed by atoms with van der Waals surface area (Å²) in [5.74, 6) is -1.60. The number of benzene rings is 1. The molecule has 1 saturated heterocycles. The SMILES string of the molecule is O=C1CCC(N2Cc3ccc([B-](F)(F)F)cc3C2=O)C(=O)N1. The number of fused-ring (bicyclic) bond motifs is 1. The molecule has 1 N–H and O–H groups in total. The Hall–Kier alpha value is -2.32. The third-order valence-corrected chi connectivity index (χ3v) is 3.93. The van der Waals surface area contributed by atoms with Gasteiger partial charge in [-0.15, -0.1) is 5.46 Å². The number of imide groups is 1. The second-order valence-corrected chi connectivity index (χ2v) is 5.39. The van der Waals surface area contributed by atoms with Gasteiger partial charge in [0.15, 0.2) is 0 Å². The Bertz CT molecular complexity index is 690. The number of hydrogen-bond acceptors (Lipinski definition) is 3. The smallest absolute Gasteiger partial charge is 0.445 e. The molecule has 0 spiro atoms. The second kappa shape index (κ2) is 4.86. The lowest BCUT2D eigenvalue weighted by Crippen LogP contribution is -2.52. The van der Waals surface area contributed by atoms with E-state index < -0.39 is 36.2 Å². The molecule has 1 fully saturated rings. The predicted octanol–water partition coefficient (Wildman–Crippen LogP) is 0.502. The zero-order valence-corrected chi connectivity index (χ0v) is 11.3. The fraction of sp³-hybridized carbons (Fsp3) is 0.308. The van der Waals surface area contributed by atoms with E-state index in [2.05, 4.69) is 5.32 Å². The fourth-order valence-corrected chi connectivity index (χ4v) is 2.78. The minimum Gasteiger partial charge on any atom is -0.445 e. The topological polar surface area (TPSA) is 66.5 Å². The molecule has 2 heterocycles. The van der Waals surface area contributed by atoms with E-state index in [9.17, 15) is 27.3 Å². The summed E-state index contributed by atoms with van der Waals surface area (Å²) in [6, 6.07) is 2.23. The van der Waals surface area contributed by atoms with Crippen molar-refractivity contribution in [2.45, 2.75) is 25.4 Å². The maximum Gasteiger partial charge on any atom is 0.509 e. The highest BCUT2D eigenvalue weighted by molar-refractivity contribution is 6.73. The number of hydrogen-bond donors (Lipinski definition) is 1. The monoisotopic (exact) mass is 311 g/mol. The van der Waals surface area contributed by atoms with E-state index in [4.69, 9.17) is 0 Å². The van der Waals surface area contributed by atoms with Gasteiger partial charge in [-0.1, -0.05) is 18.2 Å². The standard InChI is InChI=1S/C13H11BF3N2O3/c15-14(16,17)8-2-1-7-6-19(13(22)9(7)5-8)10-3-4-11(20)18-12(10)21/h1-2,5,10H,3-4,6H2,(H,18,20,21)/q-1. The highest BCUT2D eigenvalue weighted by atomic mass is 19.4. The Labute approximate surface area is 123 Å². The van der Waals surface area contributed by atoms with Crippen LogP contribution in [0.25, 0.3) is 0 Å². The highest BCUT2D eigenvalue weighted by Crippen LogP contribution is 2.27. The van der Waals surface area contributed by atoms with Crippen LogP contribution in [0.5, 0.6) is 0 Å². The lowest BCUT2D eigenvalue weighted by atomic mass is 9.79. The highest BCUT2D eigenvalue weighted by Gasteiger charge is 2.39. The zero-order chi connectivity index (χ0) is 16.1. The molecule has 1 aromatic carbocycles. The van der Waals surface area contributed by atoms with Gasteiger partial charge in [0.1, 0.15) is 6.04 Å². The minimum atomic E-state index is -5.18. The van der Waals surface area contributed by atoms with Gasteiger partial charge in [-0.05, 0) is 12.0 Å². The third-order valence-electron chi connectivity index (χ3n) is 3.93. The van der Waals surface area contributed by atoms with E-state index in [1.165, 1.54) is 11.0 Å². The third kappa shape index (κ3) is 2.36. The van der Waals surface area contributed by atoms with Crippen LogP contribution in [0.4, 0.5) is 12.9 Å². The Kier molecular flexibility index (Phi) is 3.23. The molecule has 22 heavy (non-hydrogen) atoms. The number of nitrogens with one attached hydrogen (secondary N) is 1. The quantitative estimate of drug-likeness (QED) is 0.639. The number of halogens is 3. The average Bonchev–Trinajstić information content (AvgIpc) is 2.75. The summed E-state index contributed by atoms with van der Waals surface area (Å²) < 4.78 is 38.3. The van der Waals surface area contributed by atoms with Gasteiger partial charge >= 0.3 is 6.98 Å². The molecular weight excluding hydrogens is 300 g/mol. The largest absolute Gasteiger partial charge is 0.509 e. The minimum absolute atomic E-state index is 0.0265. The Morgan fingerprint density at radius 3 is 2.55 bits per heavy atom. The summed E-state index contributed by atoms with van der Waals surface area (Å²) in [5, 5.41) is 2.14. The molecule has 0 aliphatic carbocycles. The molecule has 1 aromatic rings. The van der Waals surface area contributed by atoms with Gasteiger partial charge in [0.25, 0.3) is 5.91 Å². The average molecular weight is 311 g/mol. The molecule has 3 rings (SSSR count). The summed E-state index contributed by atoms with van der Waals surface area (Å²) in [5.41, 5.74) is -0.405. The van der Waals surface area contributed by atoms with E-state index in [0.717, 1.165) is 12.1 Å². The number of piperidine rings is 1. The normalized spacial score (nSPS) is 21.9. The number of nitrogens with zero attached hydrogens (tertiary/aromatic N) is 1. The first-order valence-corrected chi connectivity index (χ1v) is 6.75. The van der Waals surface area contributed by atoms with Gasteiger partial charge in [-0.25, -0.2) is 0 Å². The van der Waals surface area contributed by atoms with Crippen molar-refractivity contribution in [1.82, 2.24) is 10.2 Å². The summed E-state index contributed by atoms with van der Waals surface area (Å²) in [6.07, 6.45) is 0.286. The van der Waals surface area contributed by atoms with Crippen molar-refractivity contribution in [2.24, 2.45) is 0 Å². The van der Waals surface area contributed by atoms with Gasteiger partial charge < -0.3 is 17.8 Å². The van der Waals surface area contributed by atoms with Crippen LogP contribution in [-0.4, -0.2) is 35.6 Å². The molecule has 1 unspecified atom stereocenters. The Balaban J connectivity index is 1.88. The number of carbonyl (C=O) groups is 3. The lowest BCUT2D eigenvalue weighted by Gasteiger charge is -2.29. The van der Waals surface area contributed by atoms with Gasteiger partial charge in [0.2, 0.25) is 11.8 Å². The summed E-state index contributed by atoms with van der Waals surface area (Å²) >= 11 is 0. The van der Waals surface area contributed by atoms with Gasteiger partial charge in [-0.2, -0.15) is 0 Å². The van der Waals surface area contributed by atoms with Crippen LogP contribution < -0.4 is 10.8 Å². The van der Waals surface area contributed by atoms with Gasteiger partial charge in [0, 0.05) is 18.5 Å². The van der Waals surface area contributed by atoms with Crippen molar-refractivity contribution in [3.8, 4) is 0 Å². The van der Waals surface area contributed by atoms with Crippen molar-refractivity contribution in [1.29, 1.82) is 0 Å². The Morgan fingerprint density at radius 1 is 1.18 bits per heavy atom. The summed E-state index contributed by atoms with van der Waals surface area (Å²) in [4.78, 5) is 36.5. The van der Waals surface area contributed by atoms with Gasteiger partial charge in [0.05, 0.1) is 0 Å². The van der Waals surface area contributed by atoms with Crippen LogP contribution in [0.1, 0.15) is 28.8 Å². The molecule has 0 aromatic heterocycles. The van der Waals surface area contributed by atoms with Crippen molar-refractivity contribution in [3.63, 3.8) is 0 Å². The van der Waals surface area contributed by atoms with Crippen LogP contribution >= 0.6 is 0 Å². The maximum atomic E-state index is 12.8. The first kappa shape index (κ1) is 14.6. The van der Waals surface area contributed by atoms with Crippen LogP contribution in [0, 0.1) is 0 Å². The van der Waals surface area contributed by atoms with Crippen molar-refractivity contribution >= 4 is 30.2 Å². The molecule has 2 aliphatic rings. The van der Waals surface area contributed by atoms with Crippen LogP contribution in [-0.2, 0) is 16.1 Å². The molecule has 116 valence electrons. The molecule has 1 atom stereocenters. The van der Waals surface area contributed by atoms with Crippen molar-refractivity contribution in [2.75, 3.05) is 0 Å². The van der Waals surface area contributed by atoms with E-state index in [0.29, 0.717) is 5.56 Å². The molecule has 0 saturated carbocycles. The number of amides is 3. The Morgan fingerprint density at radius 2 is 1.91 bits per heavy atom. The van der Waals surface area contributed by atoms with E-state index in [1.54, 1.807) is 0 Å². The number of carbonyl (C=O) groups excluding carboxylic acids is 3. The molecular formula is C13H11BF3N2O3-. The maximum absolute atomic E-state index is 12.8. The van der Waals surface area contributed by atoms with E-state index in [-0.39, 0.29) is 24.9 Å². The van der Waals surface area contributed by atoms with Crippen molar-refractivity contribution < 1.29 is 27.3 Å². The number of rotatable bonds is 2. The summed E-state index contributed by atoms with van der Waals surface area (Å²) in [6.45, 7) is -5.11. The molecule has 0 radical (unpaired) electrons. The summed E-state index contributed by atoms with van der Waals surface area (Å²) in [7, 11) is 0. The molecule has 2 aliphatic heterocycles. The molecule has 3 amide bonds. The second-order valence-electron chi connectivity index (χ2n) is 5.39. The fourth-order valence-electron chi connectivity index (χ4n) is 2.78. The first-order valence-electron chi connectivity index (χ1n) is 6.75. The van der Waals surface area contributed by atoms with E-state index >= 15 is 0 Å². The zero-order valence-electron chi connectivity index (χ0n) is 11.3. The van der Waals surface area contributed by atoms with Crippen LogP contribution in [0.15, 0.2) is 18.2 Å². The predicted molar refractivity (Wildman–Crippen MR) is 71.2 cm³/mol. The first-order chi connectivity index (χ1) is 10.3. The molecule has 0 bridgehead atoms. The lowest BCUT2D eigenvalue weighted by molar-refractivity contribution is -0.136. The van der Waals surface area contributed by atoms with Crippen LogP contribution in [0.3, 0.4) is 0 Å². The van der Waals surface area contributed by atoms with Gasteiger partial charge in [-0.3, -0.25) is 19.7 Å². The van der Waals surface area contributed by atoms with Crippen LogP contribution in [0.2, 0.25) is 0 Å².